The van der Waals surface area contributed by atoms with Crippen molar-refractivity contribution >= 4 is 28.2 Å². The van der Waals surface area contributed by atoms with E-state index in [2.05, 4.69) is 77.7 Å². The Morgan fingerprint density at radius 2 is 1.98 bits per heavy atom. The van der Waals surface area contributed by atoms with Crippen molar-refractivity contribution in [3.8, 4) is 12.1 Å². The number of rotatable bonds is 9. The molecule has 3 aromatic rings. The fourth-order valence-corrected chi connectivity index (χ4v) is 8.07. The smallest absolute Gasteiger partial charge is 0.318 e. The van der Waals surface area contributed by atoms with Gasteiger partial charge in [-0.25, -0.2) is 0 Å². The average molecular weight is 620 g/mol. The summed E-state index contributed by atoms with van der Waals surface area (Å²) in [5.41, 5.74) is 5.26. The Balaban J connectivity index is 1.16. The SMILES string of the molecule is C=CC(=O)N1CCN(c2nc(OCCN(C)C3CCC4(CC4)C3)nc3c2CCN(c2cccc4cccc(C)c24)C3)C[C@@H]1CC#N. The van der Waals surface area contributed by atoms with E-state index in [4.69, 9.17) is 14.7 Å². The van der Waals surface area contributed by atoms with Gasteiger partial charge in [-0.2, -0.15) is 15.2 Å². The summed E-state index contributed by atoms with van der Waals surface area (Å²) >= 11 is 0. The van der Waals surface area contributed by atoms with Gasteiger partial charge in [0.1, 0.15) is 12.4 Å². The van der Waals surface area contributed by atoms with Gasteiger partial charge in [-0.05, 0) is 81.0 Å². The van der Waals surface area contributed by atoms with Gasteiger partial charge < -0.3 is 24.3 Å². The molecule has 0 N–H and O–H groups in total. The predicted molar refractivity (Wildman–Crippen MR) is 181 cm³/mol. The largest absolute Gasteiger partial charge is 0.462 e. The zero-order valence-electron chi connectivity index (χ0n) is 27.2. The van der Waals surface area contributed by atoms with E-state index in [1.54, 1.807) is 4.90 Å². The van der Waals surface area contributed by atoms with Gasteiger partial charge in [0.05, 0.1) is 30.8 Å². The third kappa shape index (κ3) is 5.91. The number of benzene rings is 2. The van der Waals surface area contributed by atoms with Crippen LogP contribution in [0.5, 0.6) is 6.01 Å². The van der Waals surface area contributed by atoms with Gasteiger partial charge in [0, 0.05) is 55.4 Å². The molecule has 3 heterocycles. The number of likely N-dealkylation sites (N-methyl/N-ethyl adjacent to an activating group) is 1. The van der Waals surface area contributed by atoms with Crippen molar-refractivity contribution in [1.82, 2.24) is 19.8 Å². The van der Waals surface area contributed by atoms with E-state index in [9.17, 15) is 10.1 Å². The number of hydrogen-bond donors (Lipinski definition) is 0. The molecule has 1 unspecified atom stereocenters. The number of fused-ring (bicyclic) bond motifs is 2. The topological polar surface area (TPSA) is 88.8 Å². The van der Waals surface area contributed by atoms with Crippen LogP contribution >= 0.6 is 0 Å². The van der Waals surface area contributed by atoms with E-state index < -0.39 is 0 Å². The number of ether oxygens (including phenoxy) is 1. The van der Waals surface area contributed by atoms with Crippen LogP contribution in [-0.2, 0) is 17.8 Å². The number of aromatic nitrogens is 2. The molecular formula is C37H45N7O2. The van der Waals surface area contributed by atoms with E-state index in [-0.39, 0.29) is 18.4 Å². The second-order valence-corrected chi connectivity index (χ2v) is 13.8. The lowest BCUT2D eigenvalue weighted by molar-refractivity contribution is -0.128. The maximum absolute atomic E-state index is 12.6. The summed E-state index contributed by atoms with van der Waals surface area (Å²) in [6.45, 7) is 10.4. The molecule has 3 fully saturated rings. The Morgan fingerprint density at radius 3 is 2.74 bits per heavy atom. The molecule has 2 aliphatic carbocycles. The number of anilines is 2. The maximum Gasteiger partial charge on any atom is 0.318 e. The van der Waals surface area contributed by atoms with Crippen LogP contribution in [0.25, 0.3) is 10.8 Å². The first kappa shape index (κ1) is 30.5. The van der Waals surface area contributed by atoms with E-state index in [1.165, 1.54) is 60.2 Å². The number of aryl methyl sites for hydroxylation is 1. The van der Waals surface area contributed by atoms with Crippen molar-refractivity contribution < 1.29 is 9.53 Å². The van der Waals surface area contributed by atoms with Gasteiger partial charge in [-0.1, -0.05) is 36.9 Å². The molecule has 4 aliphatic rings. The van der Waals surface area contributed by atoms with Crippen LogP contribution < -0.4 is 14.5 Å². The third-order valence-corrected chi connectivity index (χ3v) is 11.0. The first-order chi connectivity index (χ1) is 22.4. The van der Waals surface area contributed by atoms with Crippen LogP contribution in [0.2, 0.25) is 0 Å². The van der Waals surface area contributed by atoms with Crippen molar-refractivity contribution in [2.75, 3.05) is 56.2 Å². The zero-order chi connectivity index (χ0) is 31.8. The van der Waals surface area contributed by atoms with Crippen molar-refractivity contribution in [3.05, 3.63) is 65.9 Å². The van der Waals surface area contributed by atoms with Gasteiger partial charge in [-0.15, -0.1) is 0 Å². The van der Waals surface area contributed by atoms with Crippen LogP contribution in [0.1, 0.15) is 55.3 Å². The number of amides is 1. The van der Waals surface area contributed by atoms with Gasteiger partial charge >= 0.3 is 6.01 Å². The standard InChI is InChI=1S/C37H45N7O2/c1-4-33(45)44-20-19-43(24-29(44)12-17-38)35-30-13-18-42(32-10-6-9-27-8-5-7-26(2)34(27)32)25-31(30)39-36(40-35)46-22-21-41(3)28-11-14-37(23-28)15-16-37/h4-10,28-29H,1,11-16,18-25H2,2-3H3/t28?,29-/m0/s1. The highest BCUT2D eigenvalue weighted by Gasteiger charge is 2.48. The Morgan fingerprint density at radius 1 is 1.15 bits per heavy atom. The number of hydrogen-bond acceptors (Lipinski definition) is 8. The summed E-state index contributed by atoms with van der Waals surface area (Å²) in [5, 5.41) is 12.1. The molecule has 2 saturated carbocycles. The van der Waals surface area contributed by atoms with Gasteiger partial charge in [0.25, 0.3) is 0 Å². The van der Waals surface area contributed by atoms with Gasteiger partial charge in [0.15, 0.2) is 0 Å². The second kappa shape index (κ2) is 12.6. The molecule has 240 valence electrons. The maximum atomic E-state index is 12.6. The molecule has 1 saturated heterocycles. The van der Waals surface area contributed by atoms with Crippen molar-refractivity contribution in [2.45, 2.75) is 70.5 Å². The summed E-state index contributed by atoms with van der Waals surface area (Å²) in [7, 11) is 2.22. The Kier molecular flexibility index (Phi) is 8.33. The summed E-state index contributed by atoms with van der Waals surface area (Å²) in [6.07, 6.45) is 9.17. The Bertz CT molecular complexity index is 1670. The van der Waals surface area contributed by atoms with Crippen molar-refractivity contribution in [1.29, 1.82) is 5.26 Å². The predicted octanol–water partition coefficient (Wildman–Crippen LogP) is 5.26. The normalized spacial score (nSPS) is 21.8. The molecule has 0 radical (unpaired) electrons. The quantitative estimate of drug-likeness (QED) is 0.300. The van der Waals surface area contributed by atoms with Crippen LogP contribution in [0.15, 0.2) is 49.1 Å². The second-order valence-electron chi connectivity index (χ2n) is 13.8. The van der Waals surface area contributed by atoms with Gasteiger partial charge in [-0.3, -0.25) is 4.79 Å². The highest BCUT2D eigenvalue weighted by molar-refractivity contribution is 5.97. The molecule has 2 aromatic carbocycles. The van der Waals surface area contributed by atoms with Crippen LogP contribution in [0.3, 0.4) is 0 Å². The van der Waals surface area contributed by atoms with Crippen molar-refractivity contribution in [2.24, 2.45) is 5.41 Å². The molecule has 1 amide bonds. The lowest BCUT2D eigenvalue weighted by Gasteiger charge is -2.42. The third-order valence-electron chi connectivity index (χ3n) is 11.0. The summed E-state index contributed by atoms with van der Waals surface area (Å²) in [5.74, 6) is 0.746. The highest BCUT2D eigenvalue weighted by atomic mass is 16.5. The van der Waals surface area contributed by atoms with E-state index in [0.29, 0.717) is 50.3 Å². The first-order valence-corrected chi connectivity index (χ1v) is 16.9. The molecule has 0 bridgehead atoms. The molecule has 2 atom stereocenters. The molecule has 7 rings (SSSR count). The molecule has 9 nitrogen and oxygen atoms in total. The van der Waals surface area contributed by atoms with Gasteiger partial charge in [0.2, 0.25) is 5.91 Å². The van der Waals surface area contributed by atoms with E-state index >= 15 is 0 Å². The number of nitriles is 1. The Labute approximate surface area is 272 Å². The molecule has 46 heavy (non-hydrogen) atoms. The fraction of sp³-hybridized carbons (Fsp3) is 0.514. The van der Waals surface area contributed by atoms with Crippen LogP contribution in [0.4, 0.5) is 11.5 Å². The molecular weight excluding hydrogens is 574 g/mol. The number of carbonyl (C=O) groups is 1. The van der Waals surface area contributed by atoms with E-state index in [1.807, 2.05) is 0 Å². The monoisotopic (exact) mass is 619 g/mol. The number of carbonyl (C=O) groups excluding carboxylic acids is 1. The summed E-state index contributed by atoms with van der Waals surface area (Å²) in [4.78, 5) is 31.6. The molecule has 9 heteroatoms. The number of nitrogens with zero attached hydrogens (tertiary/aromatic N) is 7. The zero-order valence-corrected chi connectivity index (χ0v) is 27.2. The molecule has 1 aromatic heterocycles. The summed E-state index contributed by atoms with van der Waals surface area (Å²) < 4.78 is 6.34. The van der Waals surface area contributed by atoms with Crippen LogP contribution in [-0.4, -0.2) is 84.1 Å². The molecule has 2 aliphatic heterocycles. The highest BCUT2D eigenvalue weighted by Crippen LogP contribution is 2.58. The minimum absolute atomic E-state index is 0.131. The first-order valence-electron chi connectivity index (χ1n) is 16.9. The average Bonchev–Trinajstić information content (AvgIpc) is 3.71. The number of piperazine rings is 1. The van der Waals surface area contributed by atoms with E-state index in [0.717, 1.165) is 36.6 Å². The minimum Gasteiger partial charge on any atom is -0.462 e. The lowest BCUT2D eigenvalue weighted by atomic mass is 9.99. The minimum atomic E-state index is -0.229. The molecule has 1 spiro atoms. The van der Waals surface area contributed by atoms with Crippen molar-refractivity contribution in [3.63, 3.8) is 0 Å². The summed E-state index contributed by atoms with van der Waals surface area (Å²) in [6, 6.07) is 16.1. The Hall–Kier alpha value is -4.16. The van der Waals surface area contributed by atoms with Crippen LogP contribution in [0, 0.1) is 23.7 Å². The fourth-order valence-electron chi connectivity index (χ4n) is 8.07. The lowest BCUT2D eigenvalue weighted by Crippen LogP contribution is -2.55.